The molecule has 0 saturated carbocycles. The van der Waals surface area contributed by atoms with Crippen molar-refractivity contribution in [3.63, 3.8) is 0 Å². The monoisotopic (exact) mass is 529 g/mol. The molecule has 2 N–H and O–H groups in total. The molecule has 2 aliphatic rings. The van der Waals surface area contributed by atoms with Gasteiger partial charge in [-0.3, -0.25) is 9.89 Å². The van der Waals surface area contributed by atoms with Crippen LogP contribution >= 0.6 is 24.0 Å². The van der Waals surface area contributed by atoms with Crippen molar-refractivity contribution in [3.8, 4) is 0 Å². The summed E-state index contributed by atoms with van der Waals surface area (Å²) in [5.74, 6) is 0.937. The number of nitrogens with zero attached hydrogens (tertiary/aromatic N) is 3. The van der Waals surface area contributed by atoms with Crippen molar-refractivity contribution in [2.75, 3.05) is 53.5 Å². The van der Waals surface area contributed by atoms with Crippen molar-refractivity contribution in [2.24, 2.45) is 4.99 Å². The highest BCUT2D eigenvalue weighted by Crippen LogP contribution is 2.26. The minimum absolute atomic E-state index is 0. The fourth-order valence-electron chi connectivity index (χ4n) is 4.43. The lowest BCUT2D eigenvalue weighted by Gasteiger charge is -2.41. The lowest BCUT2D eigenvalue weighted by molar-refractivity contribution is -0.00255. The molecule has 1 atom stereocenters. The number of likely N-dealkylation sites (tertiary alicyclic amines) is 1. The molecule has 2 heterocycles. The van der Waals surface area contributed by atoms with E-state index in [4.69, 9.17) is 9.73 Å². The quantitative estimate of drug-likeness (QED) is 0.308. The molecule has 2 aliphatic heterocycles. The van der Waals surface area contributed by atoms with Crippen LogP contribution in [0.25, 0.3) is 0 Å². The van der Waals surface area contributed by atoms with Gasteiger partial charge in [0.05, 0.1) is 6.54 Å². The van der Waals surface area contributed by atoms with E-state index in [1.165, 1.54) is 24.9 Å². The van der Waals surface area contributed by atoms with Gasteiger partial charge in [-0.05, 0) is 58.8 Å². The van der Waals surface area contributed by atoms with Crippen molar-refractivity contribution in [2.45, 2.75) is 50.7 Å². The Balaban J connectivity index is 0.00000320. The average Bonchev–Trinajstić information content (AvgIpc) is 3.18. The first-order valence-corrected chi connectivity index (χ1v) is 11.2. The van der Waals surface area contributed by atoms with Gasteiger partial charge < -0.3 is 20.3 Å². The Morgan fingerprint density at radius 1 is 1.20 bits per heavy atom. The molecule has 0 aromatic heterocycles. The van der Waals surface area contributed by atoms with Crippen molar-refractivity contribution in [1.82, 2.24) is 20.4 Å². The molecule has 6 nitrogen and oxygen atoms in total. The van der Waals surface area contributed by atoms with Crippen molar-refractivity contribution in [3.05, 3.63) is 35.9 Å². The summed E-state index contributed by atoms with van der Waals surface area (Å²) in [6, 6.07) is 11.4. The van der Waals surface area contributed by atoms with Gasteiger partial charge >= 0.3 is 0 Å². The van der Waals surface area contributed by atoms with Gasteiger partial charge in [0.1, 0.15) is 0 Å². The zero-order chi connectivity index (χ0) is 20.5. The van der Waals surface area contributed by atoms with E-state index in [1.807, 2.05) is 0 Å². The minimum Gasteiger partial charge on any atom is -0.381 e. The number of nitrogens with one attached hydrogen (secondary N) is 2. The van der Waals surface area contributed by atoms with Crippen molar-refractivity contribution < 1.29 is 4.74 Å². The third kappa shape index (κ3) is 7.07. The van der Waals surface area contributed by atoms with E-state index in [-0.39, 0.29) is 29.5 Å². The molecule has 3 rings (SSSR count). The first-order chi connectivity index (χ1) is 14.1. The summed E-state index contributed by atoms with van der Waals surface area (Å²) in [5, 5.41) is 7.06. The Hall–Kier alpha value is -0.900. The smallest absolute Gasteiger partial charge is 0.191 e. The zero-order valence-electron chi connectivity index (χ0n) is 18.9. The van der Waals surface area contributed by atoms with Crippen LogP contribution in [0.4, 0.5) is 0 Å². The second kappa shape index (κ2) is 12.8. The molecule has 170 valence electrons. The molecule has 30 heavy (non-hydrogen) atoms. The van der Waals surface area contributed by atoms with Gasteiger partial charge in [-0.2, -0.15) is 0 Å². The molecule has 0 aliphatic carbocycles. The van der Waals surface area contributed by atoms with Crippen LogP contribution in [0.5, 0.6) is 0 Å². The molecule has 7 heteroatoms. The highest BCUT2D eigenvalue weighted by Gasteiger charge is 2.34. The van der Waals surface area contributed by atoms with Gasteiger partial charge in [-0.1, -0.05) is 30.3 Å². The zero-order valence-corrected chi connectivity index (χ0v) is 21.2. The summed E-state index contributed by atoms with van der Waals surface area (Å²) >= 11 is 0. The van der Waals surface area contributed by atoms with Crippen molar-refractivity contribution >= 4 is 29.9 Å². The number of likely N-dealkylation sites (N-methyl/N-ethyl adjacent to an activating group) is 1. The number of hydrogen-bond acceptors (Lipinski definition) is 4. The number of rotatable bonds is 8. The number of hydrogen-bond donors (Lipinski definition) is 2. The van der Waals surface area contributed by atoms with Crippen LogP contribution in [0, 0.1) is 0 Å². The van der Waals surface area contributed by atoms with Gasteiger partial charge in [0, 0.05) is 44.4 Å². The Morgan fingerprint density at radius 3 is 2.60 bits per heavy atom. The summed E-state index contributed by atoms with van der Waals surface area (Å²) in [7, 11) is 4.34. The number of guanidine groups is 1. The van der Waals surface area contributed by atoms with Crippen LogP contribution in [0.1, 0.15) is 38.2 Å². The Bertz CT molecular complexity index is 634. The predicted octanol–water partition coefficient (Wildman–Crippen LogP) is 2.93. The molecule has 0 amide bonds. The maximum absolute atomic E-state index is 5.59. The largest absolute Gasteiger partial charge is 0.381 e. The van der Waals surface area contributed by atoms with Gasteiger partial charge in [0.15, 0.2) is 5.96 Å². The van der Waals surface area contributed by atoms with Crippen LogP contribution in [-0.2, 0) is 11.3 Å². The summed E-state index contributed by atoms with van der Waals surface area (Å²) in [6.07, 6.45) is 4.60. The predicted molar refractivity (Wildman–Crippen MR) is 136 cm³/mol. The molecule has 0 radical (unpaired) electrons. The van der Waals surface area contributed by atoms with E-state index in [1.54, 1.807) is 0 Å². The van der Waals surface area contributed by atoms with Crippen LogP contribution in [0.2, 0.25) is 0 Å². The maximum atomic E-state index is 5.59. The lowest BCUT2D eigenvalue weighted by Crippen LogP contribution is -2.52. The Kier molecular flexibility index (Phi) is 10.8. The van der Waals surface area contributed by atoms with Gasteiger partial charge in [-0.15, -0.1) is 24.0 Å². The third-order valence-corrected chi connectivity index (χ3v) is 6.48. The second-order valence-corrected chi connectivity index (χ2v) is 8.56. The maximum Gasteiger partial charge on any atom is 0.191 e. The molecule has 0 bridgehead atoms. The first-order valence-electron chi connectivity index (χ1n) is 11.2. The van der Waals surface area contributed by atoms with Crippen LogP contribution in [0.3, 0.4) is 0 Å². The summed E-state index contributed by atoms with van der Waals surface area (Å²) in [6.45, 7) is 8.62. The number of benzene rings is 1. The number of aliphatic imine (C=N–C) groups is 1. The van der Waals surface area contributed by atoms with Crippen molar-refractivity contribution in [1.29, 1.82) is 0 Å². The van der Waals surface area contributed by atoms with Gasteiger partial charge in [-0.25, -0.2) is 0 Å². The Labute approximate surface area is 199 Å². The SMILES string of the molecule is CCNC(=NCC1(N(C)C)CCOCC1)NCC1CCCN1Cc1ccccc1.I. The van der Waals surface area contributed by atoms with Gasteiger partial charge in [0.2, 0.25) is 0 Å². The number of ether oxygens (including phenoxy) is 1. The van der Waals surface area contributed by atoms with E-state index in [0.717, 1.165) is 58.2 Å². The first kappa shape index (κ1) is 25.4. The second-order valence-electron chi connectivity index (χ2n) is 8.56. The topological polar surface area (TPSA) is 52.1 Å². The van der Waals surface area contributed by atoms with E-state index in [2.05, 4.69) is 71.8 Å². The van der Waals surface area contributed by atoms with Crippen LogP contribution < -0.4 is 10.6 Å². The molecular formula is C23H40IN5O. The average molecular weight is 530 g/mol. The van der Waals surface area contributed by atoms with E-state index >= 15 is 0 Å². The summed E-state index contributed by atoms with van der Waals surface area (Å²) in [4.78, 5) is 9.92. The molecule has 1 unspecified atom stereocenters. The van der Waals surface area contributed by atoms with Crippen LogP contribution in [-0.4, -0.2) is 80.8 Å². The molecule has 1 aromatic carbocycles. The normalized spacial score (nSPS) is 22.0. The summed E-state index contributed by atoms with van der Waals surface area (Å²) in [5.41, 5.74) is 1.50. The van der Waals surface area contributed by atoms with Crippen LogP contribution in [0.15, 0.2) is 35.3 Å². The Morgan fingerprint density at radius 2 is 1.93 bits per heavy atom. The molecule has 1 aromatic rings. The fraction of sp³-hybridized carbons (Fsp3) is 0.696. The van der Waals surface area contributed by atoms with E-state index in [0.29, 0.717) is 6.04 Å². The summed E-state index contributed by atoms with van der Waals surface area (Å²) < 4.78 is 5.59. The highest BCUT2D eigenvalue weighted by atomic mass is 127. The minimum atomic E-state index is 0. The van der Waals surface area contributed by atoms with E-state index < -0.39 is 0 Å². The fourth-order valence-corrected chi connectivity index (χ4v) is 4.43. The van der Waals surface area contributed by atoms with Gasteiger partial charge in [0.25, 0.3) is 0 Å². The van der Waals surface area contributed by atoms with E-state index in [9.17, 15) is 0 Å². The standard InChI is InChI=1S/C23H39N5O.HI/c1-4-24-22(26-19-23(27(2)3)12-15-29-16-13-23)25-17-21-11-8-14-28(21)18-20-9-6-5-7-10-20;/h5-7,9-10,21H,4,8,11-19H2,1-3H3,(H2,24,25,26);1H. The number of halogens is 1. The molecule has 2 saturated heterocycles. The molecule has 2 fully saturated rings. The lowest BCUT2D eigenvalue weighted by atomic mass is 9.89. The third-order valence-electron chi connectivity index (χ3n) is 6.48. The molecular weight excluding hydrogens is 489 g/mol. The highest BCUT2D eigenvalue weighted by molar-refractivity contribution is 14.0. The molecule has 0 spiro atoms.